The molecule has 3 aliphatic carbocycles. The van der Waals surface area contributed by atoms with Gasteiger partial charge in [0.2, 0.25) is 0 Å². The van der Waals surface area contributed by atoms with Crippen LogP contribution in [0.15, 0.2) is 12.1 Å². The van der Waals surface area contributed by atoms with E-state index in [0.29, 0.717) is 24.2 Å². The number of benzene rings is 1. The summed E-state index contributed by atoms with van der Waals surface area (Å²) in [7, 11) is 0. The van der Waals surface area contributed by atoms with Gasteiger partial charge in [0, 0.05) is 5.56 Å². The molecule has 0 aromatic heterocycles. The van der Waals surface area contributed by atoms with Gasteiger partial charge in [-0.2, -0.15) is 0 Å². The quantitative estimate of drug-likeness (QED) is 0.613. The number of aliphatic hydroxyl groups is 1. The first-order valence-electron chi connectivity index (χ1n) is 8.60. The first-order valence-corrected chi connectivity index (χ1v) is 8.60. The van der Waals surface area contributed by atoms with Gasteiger partial charge in [-0.25, -0.2) is 0 Å². The molecule has 5 atom stereocenters. The zero-order valence-electron chi connectivity index (χ0n) is 13.4. The van der Waals surface area contributed by atoms with Crippen molar-refractivity contribution in [2.75, 3.05) is 0 Å². The van der Waals surface area contributed by atoms with Crippen molar-refractivity contribution in [3.63, 3.8) is 0 Å². The third kappa shape index (κ3) is 1.95. The molecule has 0 spiro atoms. The van der Waals surface area contributed by atoms with Crippen LogP contribution in [0, 0.1) is 27.4 Å². The van der Waals surface area contributed by atoms with Crippen molar-refractivity contribution in [1.82, 2.24) is 0 Å². The Morgan fingerprint density at radius 3 is 2.78 bits per heavy atom. The number of rotatable bonds is 1. The van der Waals surface area contributed by atoms with Crippen LogP contribution >= 0.6 is 0 Å². The molecule has 5 nitrogen and oxygen atoms in total. The molecule has 0 amide bonds. The average molecular weight is 317 g/mol. The number of hydrogen-bond acceptors (Lipinski definition) is 4. The van der Waals surface area contributed by atoms with Crippen LogP contribution in [0.5, 0.6) is 5.75 Å². The van der Waals surface area contributed by atoms with Gasteiger partial charge in [-0.15, -0.1) is 0 Å². The van der Waals surface area contributed by atoms with Crippen molar-refractivity contribution in [3.8, 4) is 5.75 Å². The van der Waals surface area contributed by atoms with E-state index in [1.165, 1.54) is 6.07 Å². The van der Waals surface area contributed by atoms with E-state index in [1.54, 1.807) is 0 Å². The standard InChI is InChI=1S/C18H23NO4/c1-18-9-8-11-10-4-6-15(20)17(19(22)23)13(10)3-2-12(11)14(18)5-7-16(18)21/h4,6,11-12,14,16,20-21H,2-3,5,7-9H2,1H3/t11-,12-,14-,16-,18+/m0/s1. The summed E-state index contributed by atoms with van der Waals surface area (Å²) in [5.74, 6) is 1.13. The average Bonchev–Trinajstić information content (AvgIpc) is 2.82. The number of nitro groups is 1. The van der Waals surface area contributed by atoms with Crippen LogP contribution in [0.2, 0.25) is 0 Å². The third-order valence-electron chi connectivity index (χ3n) is 6.99. The Morgan fingerprint density at radius 2 is 2.04 bits per heavy atom. The van der Waals surface area contributed by atoms with E-state index < -0.39 is 4.92 Å². The Morgan fingerprint density at radius 1 is 1.26 bits per heavy atom. The van der Waals surface area contributed by atoms with Crippen LogP contribution in [0.4, 0.5) is 5.69 Å². The Balaban J connectivity index is 1.76. The van der Waals surface area contributed by atoms with Crippen molar-refractivity contribution in [2.24, 2.45) is 17.3 Å². The third-order valence-corrected chi connectivity index (χ3v) is 6.99. The molecule has 0 unspecified atom stereocenters. The van der Waals surface area contributed by atoms with Gasteiger partial charge < -0.3 is 10.2 Å². The molecule has 2 fully saturated rings. The first-order chi connectivity index (χ1) is 10.9. The van der Waals surface area contributed by atoms with Gasteiger partial charge in [-0.3, -0.25) is 10.1 Å². The molecule has 2 saturated carbocycles. The molecule has 1 aromatic carbocycles. The van der Waals surface area contributed by atoms with E-state index in [0.717, 1.165) is 43.2 Å². The predicted octanol–water partition coefficient (Wildman–Crippen LogP) is 3.52. The van der Waals surface area contributed by atoms with E-state index in [-0.39, 0.29) is 23.0 Å². The van der Waals surface area contributed by atoms with Crippen LogP contribution in [0.25, 0.3) is 0 Å². The van der Waals surface area contributed by atoms with Gasteiger partial charge >= 0.3 is 5.69 Å². The molecule has 1 aromatic rings. The van der Waals surface area contributed by atoms with Gasteiger partial charge in [-0.05, 0) is 73.3 Å². The van der Waals surface area contributed by atoms with Crippen LogP contribution < -0.4 is 0 Å². The summed E-state index contributed by atoms with van der Waals surface area (Å²) in [6, 6.07) is 3.37. The van der Waals surface area contributed by atoms with Crippen molar-refractivity contribution in [2.45, 2.75) is 57.5 Å². The number of aliphatic hydroxyl groups excluding tert-OH is 1. The Labute approximate surface area is 135 Å². The van der Waals surface area contributed by atoms with Crippen molar-refractivity contribution >= 4 is 5.69 Å². The number of nitrogens with zero attached hydrogens (tertiary/aromatic N) is 1. The van der Waals surface area contributed by atoms with Gasteiger partial charge in [-0.1, -0.05) is 13.0 Å². The molecular formula is C18H23NO4. The highest BCUT2D eigenvalue weighted by Crippen LogP contribution is 2.61. The largest absolute Gasteiger partial charge is 0.502 e. The lowest BCUT2D eigenvalue weighted by Gasteiger charge is -2.49. The lowest BCUT2D eigenvalue weighted by atomic mass is 9.55. The number of aromatic hydroxyl groups is 1. The smallest absolute Gasteiger partial charge is 0.314 e. The Hall–Kier alpha value is -1.62. The highest BCUT2D eigenvalue weighted by Gasteiger charge is 2.54. The van der Waals surface area contributed by atoms with Crippen molar-refractivity contribution in [3.05, 3.63) is 33.4 Å². The van der Waals surface area contributed by atoms with Crippen LogP contribution in [-0.2, 0) is 6.42 Å². The maximum absolute atomic E-state index is 11.3. The number of phenols is 1. The molecule has 5 heteroatoms. The topological polar surface area (TPSA) is 83.6 Å². The SMILES string of the molecule is C[C@@]12CC[C@H]3c4ccc(O)c([N+](=O)[O-])c4CC[C@@H]3[C@@H]1CC[C@@H]2O. The number of fused-ring (bicyclic) bond motifs is 5. The summed E-state index contributed by atoms with van der Waals surface area (Å²) in [5, 5.41) is 31.6. The second-order valence-corrected chi connectivity index (χ2v) is 7.81. The van der Waals surface area contributed by atoms with Gasteiger partial charge in [0.1, 0.15) is 0 Å². The fourth-order valence-corrected chi connectivity index (χ4v) is 5.81. The zero-order chi connectivity index (χ0) is 16.4. The summed E-state index contributed by atoms with van der Waals surface area (Å²) in [5.41, 5.74) is 1.72. The minimum absolute atomic E-state index is 0.0154. The molecule has 3 aliphatic rings. The second-order valence-electron chi connectivity index (χ2n) is 7.81. The molecule has 0 saturated heterocycles. The first kappa shape index (κ1) is 14.9. The highest BCUT2D eigenvalue weighted by molar-refractivity contribution is 5.57. The Kier molecular flexibility index (Phi) is 3.21. The summed E-state index contributed by atoms with van der Waals surface area (Å²) < 4.78 is 0. The van der Waals surface area contributed by atoms with E-state index in [4.69, 9.17) is 0 Å². The minimum atomic E-state index is -0.444. The minimum Gasteiger partial charge on any atom is -0.502 e. The maximum Gasteiger partial charge on any atom is 0.314 e. The van der Waals surface area contributed by atoms with E-state index in [9.17, 15) is 20.3 Å². The molecule has 0 radical (unpaired) electrons. The normalized spacial score (nSPS) is 38.5. The maximum atomic E-state index is 11.3. The fourth-order valence-electron chi connectivity index (χ4n) is 5.81. The second kappa shape index (κ2) is 4.94. The van der Waals surface area contributed by atoms with E-state index in [1.807, 2.05) is 6.07 Å². The number of hydrogen-bond donors (Lipinski definition) is 2. The van der Waals surface area contributed by atoms with Crippen molar-refractivity contribution in [1.29, 1.82) is 0 Å². The Bertz CT molecular complexity index is 673. The van der Waals surface area contributed by atoms with E-state index in [2.05, 4.69) is 6.92 Å². The molecule has 23 heavy (non-hydrogen) atoms. The van der Waals surface area contributed by atoms with Gasteiger partial charge in [0.05, 0.1) is 11.0 Å². The van der Waals surface area contributed by atoms with Gasteiger partial charge in [0.25, 0.3) is 0 Å². The lowest BCUT2D eigenvalue weighted by Crippen LogP contribution is -2.44. The predicted molar refractivity (Wildman–Crippen MR) is 85.4 cm³/mol. The van der Waals surface area contributed by atoms with Crippen molar-refractivity contribution < 1.29 is 15.1 Å². The summed E-state index contributed by atoms with van der Waals surface area (Å²) >= 11 is 0. The van der Waals surface area contributed by atoms with E-state index >= 15 is 0 Å². The van der Waals surface area contributed by atoms with Crippen LogP contribution in [-0.4, -0.2) is 21.2 Å². The summed E-state index contributed by atoms with van der Waals surface area (Å²) in [6.07, 6.45) is 5.28. The number of phenolic OH excluding ortho intramolecular Hbond substituents is 1. The summed E-state index contributed by atoms with van der Waals surface area (Å²) in [6.45, 7) is 2.22. The fraction of sp³-hybridized carbons (Fsp3) is 0.667. The zero-order valence-corrected chi connectivity index (χ0v) is 13.4. The van der Waals surface area contributed by atoms with Gasteiger partial charge in [0.15, 0.2) is 5.75 Å². The van der Waals surface area contributed by atoms with Crippen LogP contribution in [0.1, 0.15) is 56.1 Å². The lowest BCUT2D eigenvalue weighted by molar-refractivity contribution is -0.386. The molecule has 2 N–H and O–H groups in total. The molecule has 0 heterocycles. The van der Waals surface area contributed by atoms with Crippen LogP contribution in [0.3, 0.4) is 0 Å². The number of nitro benzene ring substituents is 1. The monoisotopic (exact) mass is 317 g/mol. The highest BCUT2D eigenvalue weighted by atomic mass is 16.6. The molecular weight excluding hydrogens is 294 g/mol. The summed E-state index contributed by atoms with van der Waals surface area (Å²) in [4.78, 5) is 10.9. The molecule has 0 aliphatic heterocycles. The molecule has 0 bridgehead atoms. The molecule has 124 valence electrons. The molecule has 4 rings (SSSR count).